The van der Waals surface area contributed by atoms with Gasteiger partial charge in [-0.3, -0.25) is 4.79 Å². The molecular formula is C41H48GeIrN3O2-. The third-order valence-electron chi connectivity index (χ3n) is 11.2. The standard InChI is InChI=1S/C26H20GeN3.C15H28O2.Ir/c1-27(2,3)16-11-12-18-20-13-14-28-26-25(20)29(23(18)15-16)22-10-6-8-19-17-7-4-5-9-21(17)30(26)24(19)22;1-7-14(5,8-2)12(16)11-13(17)15(6,9-3)10-4;/h4-8,10-15H,1-3H3;11,16H,7-10H2,1-6H3;/q-1;;/b;12-11-;. The number of nitrogens with zero attached hydrogens (tertiary/aromatic N) is 3. The summed E-state index contributed by atoms with van der Waals surface area (Å²) in [6.45, 7) is 12.1. The van der Waals surface area contributed by atoms with Gasteiger partial charge in [0, 0.05) is 37.0 Å². The van der Waals surface area contributed by atoms with Crippen molar-refractivity contribution in [1.82, 2.24) is 13.8 Å². The van der Waals surface area contributed by atoms with Gasteiger partial charge in [-0.25, -0.2) is 0 Å². The Bertz CT molecular complexity index is 2300. The number of rotatable bonds is 8. The van der Waals surface area contributed by atoms with Crippen LogP contribution in [-0.2, 0) is 24.9 Å². The number of para-hydroxylation sites is 2. The van der Waals surface area contributed by atoms with E-state index in [0.717, 1.165) is 36.8 Å². The fourth-order valence-electron chi connectivity index (χ4n) is 6.83. The van der Waals surface area contributed by atoms with E-state index in [1.807, 2.05) is 53.8 Å². The van der Waals surface area contributed by atoms with Crippen LogP contribution in [-0.4, -0.2) is 37.9 Å². The van der Waals surface area contributed by atoms with E-state index in [9.17, 15) is 9.90 Å². The molecule has 0 saturated carbocycles. The molecule has 0 fully saturated rings. The largest absolute Gasteiger partial charge is 0 e. The number of benzene rings is 3. The van der Waals surface area contributed by atoms with Crippen LogP contribution in [0.15, 0.2) is 78.7 Å². The zero-order chi connectivity index (χ0) is 33.9. The predicted octanol–water partition coefficient (Wildman–Crippen LogP) is 10.6. The first-order valence-electron chi connectivity index (χ1n) is 17.2. The number of ketones is 1. The molecule has 4 heterocycles. The Morgan fingerprint density at radius 2 is 1.46 bits per heavy atom. The van der Waals surface area contributed by atoms with E-state index in [1.54, 1.807) is 0 Å². The summed E-state index contributed by atoms with van der Waals surface area (Å²) in [5, 5.41) is 15.2. The topological polar surface area (TPSA) is 59.0 Å². The summed E-state index contributed by atoms with van der Waals surface area (Å²) in [6, 6.07) is 25.7. The van der Waals surface area contributed by atoms with E-state index in [4.69, 9.17) is 4.98 Å². The quantitative estimate of drug-likeness (QED) is 0.0544. The van der Waals surface area contributed by atoms with Gasteiger partial charge < -0.3 is 5.11 Å². The van der Waals surface area contributed by atoms with Crippen LogP contribution in [0.1, 0.15) is 67.2 Å². The molecule has 7 rings (SSSR count). The molecule has 0 atom stereocenters. The predicted molar refractivity (Wildman–Crippen MR) is 202 cm³/mol. The van der Waals surface area contributed by atoms with Crippen molar-refractivity contribution < 1.29 is 30.0 Å². The third kappa shape index (κ3) is 5.68. The normalized spacial score (nSPS) is 13.1. The molecule has 0 aliphatic heterocycles. The molecule has 3 aromatic carbocycles. The number of aromatic nitrogens is 3. The number of aliphatic hydroxyl groups excluding tert-OH is 1. The number of allylic oxidation sites excluding steroid dienone is 2. The second-order valence-corrected chi connectivity index (χ2v) is 25.4. The van der Waals surface area contributed by atoms with Crippen molar-refractivity contribution in [2.45, 2.75) is 84.5 Å². The Kier molecular flexibility index (Phi) is 9.98. The summed E-state index contributed by atoms with van der Waals surface area (Å²) < 4.78 is 6.29. The van der Waals surface area contributed by atoms with Gasteiger partial charge in [-0.1, -0.05) is 41.5 Å². The maximum absolute atomic E-state index is 12.2. The molecule has 4 aromatic heterocycles. The minimum atomic E-state index is -1.96. The van der Waals surface area contributed by atoms with Crippen LogP contribution in [0, 0.1) is 16.9 Å². The molecule has 0 amide bonds. The van der Waals surface area contributed by atoms with Crippen LogP contribution in [0.2, 0.25) is 17.3 Å². The number of hydrogen-bond donors (Lipinski definition) is 1. The Morgan fingerprint density at radius 1 is 0.812 bits per heavy atom. The first-order chi connectivity index (χ1) is 22.3. The van der Waals surface area contributed by atoms with Crippen LogP contribution in [0.25, 0.3) is 54.8 Å². The van der Waals surface area contributed by atoms with Gasteiger partial charge in [0.25, 0.3) is 0 Å². The van der Waals surface area contributed by atoms with Crippen molar-refractivity contribution in [3.8, 4) is 0 Å². The van der Waals surface area contributed by atoms with Crippen molar-refractivity contribution in [3.05, 3.63) is 84.8 Å². The first-order valence-corrected chi connectivity index (χ1v) is 24.5. The molecule has 0 bridgehead atoms. The van der Waals surface area contributed by atoms with Gasteiger partial charge in [0.05, 0.1) is 0 Å². The summed E-state index contributed by atoms with van der Waals surface area (Å²) in [4.78, 5) is 17.1. The zero-order valence-corrected chi connectivity index (χ0v) is 34.3. The molecule has 253 valence electrons. The molecule has 48 heavy (non-hydrogen) atoms. The van der Waals surface area contributed by atoms with E-state index in [1.165, 1.54) is 54.1 Å². The van der Waals surface area contributed by atoms with E-state index in [0.29, 0.717) is 0 Å². The third-order valence-corrected chi connectivity index (χ3v) is 15.5. The van der Waals surface area contributed by atoms with E-state index in [2.05, 4.69) is 86.7 Å². The Hall–Kier alpha value is -3.19. The molecule has 7 heteroatoms. The fraction of sp³-hybridized carbons (Fsp3) is 0.366. The number of carbonyl (C=O) groups is 1. The number of carbonyl (C=O) groups excluding carboxylic acids is 1. The Balaban J connectivity index is 0.000000218. The summed E-state index contributed by atoms with van der Waals surface area (Å²) in [5.41, 5.74) is 6.45. The molecule has 5 nitrogen and oxygen atoms in total. The molecule has 0 saturated heterocycles. The number of hydrogen-bond acceptors (Lipinski definition) is 3. The zero-order valence-electron chi connectivity index (χ0n) is 29.8. The van der Waals surface area contributed by atoms with E-state index in [-0.39, 0.29) is 42.5 Å². The van der Waals surface area contributed by atoms with Crippen LogP contribution >= 0.6 is 0 Å². The van der Waals surface area contributed by atoms with Gasteiger partial charge in [0.1, 0.15) is 5.76 Å². The molecule has 1 N–H and O–H groups in total. The number of aliphatic hydroxyl groups is 1. The van der Waals surface area contributed by atoms with Gasteiger partial charge in [-0.05, 0) is 25.7 Å². The molecule has 1 radical (unpaired) electrons. The molecule has 0 unspecified atom stereocenters. The Labute approximate surface area is 300 Å². The summed E-state index contributed by atoms with van der Waals surface area (Å²) in [7, 11) is 0. The molecule has 0 aliphatic carbocycles. The second-order valence-electron chi connectivity index (χ2n) is 14.7. The molecular weight excluding hydrogens is 831 g/mol. The van der Waals surface area contributed by atoms with Crippen LogP contribution in [0.5, 0.6) is 0 Å². The number of pyridine rings is 1. The smallest absolute Gasteiger partial charge is 0 e. The van der Waals surface area contributed by atoms with Crippen molar-refractivity contribution in [2.75, 3.05) is 0 Å². The Morgan fingerprint density at radius 3 is 2.10 bits per heavy atom. The van der Waals surface area contributed by atoms with Gasteiger partial charge in [-0.2, -0.15) is 0 Å². The average Bonchev–Trinajstić information content (AvgIpc) is 3.60. The molecule has 7 aromatic rings. The molecule has 0 aliphatic rings. The van der Waals surface area contributed by atoms with Gasteiger partial charge in [0.15, 0.2) is 5.78 Å². The van der Waals surface area contributed by atoms with Gasteiger partial charge >= 0.3 is 176 Å². The average molecular weight is 880 g/mol. The van der Waals surface area contributed by atoms with Gasteiger partial charge in [0.2, 0.25) is 0 Å². The fourth-order valence-corrected chi connectivity index (χ4v) is 9.25. The summed E-state index contributed by atoms with van der Waals surface area (Å²) in [5.74, 6) is 7.67. The number of fused-ring (bicyclic) bond motifs is 8. The van der Waals surface area contributed by atoms with E-state index >= 15 is 0 Å². The van der Waals surface area contributed by atoms with Crippen LogP contribution in [0.3, 0.4) is 0 Å². The van der Waals surface area contributed by atoms with Crippen LogP contribution < -0.4 is 4.40 Å². The van der Waals surface area contributed by atoms with Crippen molar-refractivity contribution in [2.24, 2.45) is 10.8 Å². The SMILES string of the molecule is CCC(C)(CC)C(=O)/C=C(\O)C(C)(CC)CC.[CH3][Ge]([CH3])([CH3])[c]1ccc2c3ccnc4c3n(c2c1)c1cccc2c3ccc[c-]c3n4c21.[Ir]. The maximum Gasteiger partial charge on any atom is 0 e. The second kappa shape index (κ2) is 13.3. The maximum atomic E-state index is 12.2. The van der Waals surface area contributed by atoms with Crippen LogP contribution in [0.4, 0.5) is 0 Å². The minimum Gasteiger partial charge on any atom is 0 e. The minimum absolute atomic E-state index is 0. The summed E-state index contributed by atoms with van der Waals surface area (Å²) in [6.07, 6.45) is 6.70. The van der Waals surface area contributed by atoms with Gasteiger partial charge in [-0.15, -0.1) is 0 Å². The van der Waals surface area contributed by atoms with Crippen molar-refractivity contribution in [1.29, 1.82) is 0 Å². The van der Waals surface area contributed by atoms with Crippen molar-refractivity contribution >= 4 is 78.2 Å². The van der Waals surface area contributed by atoms with E-state index < -0.39 is 13.3 Å². The molecule has 0 spiro atoms. The summed E-state index contributed by atoms with van der Waals surface area (Å²) >= 11 is -1.96. The monoisotopic (exact) mass is 881 g/mol. The first kappa shape index (κ1) is 36.1. The van der Waals surface area contributed by atoms with Crippen molar-refractivity contribution in [3.63, 3.8) is 0 Å².